The van der Waals surface area contributed by atoms with E-state index in [0.717, 1.165) is 12.1 Å². The summed E-state index contributed by atoms with van der Waals surface area (Å²) in [5, 5.41) is 0. The highest BCUT2D eigenvalue weighted by Gasteiger charge is 2.30. The van der Waals surface area contributed by atoms with Crippen LogP contribution < -0.4 is 10.5 Å². The van der Waals surface area contributed by atoms with Crippen LogP contribution >= 0.6 is 0 Å². The molecule has 0 unspecified atom stereocenters. The van der Waals surface area contributed by atoms with E-state index in [2.05, 4.69) is 0 Å². The molecule has 5 heteroatoms. The smallest absolute Gasteiger partial charge is 0.416 e. The first-order valence-corrected chi connectivity index (χ1v) is 4.66. The first-order chi connectivity index (χ1) is 7.45. The van der Waals surface area contributed by atoms with Crippen molar-refractivity contribution in [2.75, 3.05) is 12.3 Å². The molecule has 0 saturated carbocycles. The number of rotatable bonds is 3. The molecule has 2 N–H and O–H groups in total. The second-order valence-electron chi connectivity index (χ2n) is 3.13. The van der Waals surface area contributed by atoms with E-state index in [-0.39, 0.29) is 18.0 Å². The summed E-state index contributed by atoms with van der Waals surface area (Å²) in [6.45, 7) is 2.10. The van der Waals surface area contributed by atoms with E-state index in [4.69, 9.17) is 10.5 Å². The SMILES string of the molecule is C/C=C/COc1ccc(C(F)(F)F)cc1N. The van der Waals surface area contributed by atoms with Crippen molar-refractivity contribution >= 4 is 5.69 Å². The van der Waals surface area contributed by atoms with Gasteiger partial charge in [-0.15, -0.1) is 0 Å². The van der Waals surface area contributed by atoms with Gasteiger partial charge in [-0.05, 0) is 25.1 Å². The topological polar surface area (TPSA) is 35.2 Å². The lowest BCUT2D eigenvalue weighted by atomic mass is 10.2. The molecule has 2 nitrogen and oxygen atoms in total. The summed E-state index contributed by atoms with van der Waals surface area (Å²) in [7, 11) is 0. The van der Waals surface area contributed by atoms with E-state index in [0.29, 0.717) is 0 Å². The normalized spacial score (nSPS) is 12.0. The minimum Gasteiger partial charge on any atom is -0.487 e. The van der Waals surface area contributed by atoms with Crippen molar-refractivity contribution in [2.24, 2.45) is 0 Å². The summed E-state index contributed by atoms with van der Waals surface area (Å²) in [6.07, 6.45) is -0.868. The van der Waals surface area contributed by atoms with Crippen LogP contribution in [-0.4, -0.2) is 6.61 Å². The van der Waals surface area contributed by atoms with Crippen molar-refractivity contribution in [1.82, 2.24) is 0 Å². The second-order valence-corrected chi connectivity index (χ2v) is 3.13. The van der Waals surface area contributed by atoms with Crippen LogP contribution in [-0.2, 0) is 6.18 Å². The van der Waals surface area contributed by atoms with Gasteiger partial charge in [-0.3, -0.25) is 0 Å². The van der Waals surface area contributed by atoms with Crippen LogP contribution in [0.15, 0.2) is 30.4 Å². The van der Waals surface area contributed by atoms with Gasteiger partial charge in [0.1, 0.15) is 12.4 Å². The molecule has 0 fully saturated rings. The predicted molar refractivity (Wildman–Crippen MR) is 56.2 cm³/mol. The van der Waals surface area contributed by atoms with E-state index < -0.39 is 11.7 Å². The van der Waals surface area contributed by atoms with E-state index in [1.165, 1.54) is 6.07 Å². The number of allylic oxidation sites excluding steroid dienone is 1. The molecule has 0 aromatic heterocycles. The Morgan fingerprint density at radius 3 is 2.56 bits per heavy atom. The quantitative estimate of drug-likeness (QED) is 0.640. The number of anilines is 1. The van der Waals surface area contributed by atoms with E-state index in [9.17, 15) is 13.2 Å². The first kappa shape index (κ1) is 12.4. The summed E-state index contributed by atoms with van der Waals surface area (Å²) in [5.41, 5.74) is 4.66. The number of benzene rings is 1. The molecule has 1 aromatic carbocycles. The molecule has 0 amide bonds. The average Bonchev–Trinajstić information content (AvgIpc) is 2.19. The molecule has 0 aliphatic rings. The van der Waals surface area contributed by atoms with Gasteiger partial charge in [-0.2, -0.15) is 13.2 Å². The molecule has 0 atom stereocenters. The minimum atomic E-state index is -4.38. The third-order valence-corrected chi connectivity index (χ3v) is 1.91. The van der Waals surface area contributed by atoms with Crippen molar-refractivity contribution in [1.29, 1.82) is 0 Å². The van der Waals surface area contributed by atoms with E-state index in [1.54, 1.807) is 12.2 Å². The van der Waals surface area contributed by atoms with Crippen molar-refractivity contribution in [2.45, 2.75) is 13.1 Å². The third kappa shape index (κ3) is 3.18. The summed E-state index contributed by atoms with van der Waals surface area (Å²) >= 11 is 0. The summed E-state index contributed by atoms with van der Waals surface area (Å²) < 4.78 is 42.1. The van der Waals surface area contributed by atoms with Crippen LogP contribution in [0.2, 0.25) is 0 Å². The Morgan fingerprint density at radius 1 is 1.38 bits per heavy atom. The Morgan fingerprint density at radius 2 is 2.06 bits per heavy atom. The maximum absolute atomic E-state index is 12.3. The number of nitrogen functional groups attached to an aromatic ring is 1. The fraction of sp³-hybridized carbons (Fsp3) is 0.273. The van der Waals surface area contributed by atoms with Gasteiger partial charge in [0.2, 0.25) is 0 Å². The Balaban J connectivity index is 2.83. The standard InChI is InChI=1S/C11H12F3NO/c1-2-3-6-16-10-5-4-8(7-9(10)15)11(12,13)14/h2-5,7H,6,15H2,1H3/b3-2+. The molecule has 0 heterocycles. The number of halogens is 3. The van der Waals surface area contributed by atoms with Crippen molar-refractivity contribution in [3.8, 4) is 5.75 Å². The minimum absolute atomic E-state index is 0.0145. The predicted octanol–water partition coefficient (Wildman–Crippen LogP) is 3.24. The second kappa shape index (κ2) is 4.92. The number of hydrogen-bond donors (Lipinski definition) is 1. The summed E-state index contributed by atoms with van der Waals surface area (Å²) in [6, 6.07) is 3.04. The lowest BCUT2D eigenvalue weighted by molar-refractivity contribution is -0.137. The van der Waals surface area contributed by atoms with Gasteiger partial charge in [-0.1, -0.05) is 12.2 Å². The maximum Gasteiger partial charge on any atom is 0.416 e. The number of nitrogens with two attached hydrogens (primary N) is 1. The van der Waals surface area contributed by atoms with Crippen LogP contribution in [0.1, 0.15) is 12.5 Å². The molecule has 88 valence electrons. The van der Waals surface area contributed by atoms with Crippen molar-refractivity contribution in [3.63, 3.8) is 0 Å². The zero-order valence-electron chi connectivity index (χ0n) is 8.71. The zero-order chi connectivity index (χ0) is 12.2. The molecule has 0 aliphatic heterocycles. The Labute approximate surface area is 91.5 Å². The van der Waals surface area contributed by atoms with Gasteiger partial charge < -0.3 is 10.5 Å². The van der Waals surface area contributed by atoms with Gasteiger partial charge in [-0.25, -0.2) is 0 Å². The monoisotopic (exact) mass is 231 g/mol. The number of alkyl halides is 3. The Kier molecular flexibility index (Phi) is 3.82. The van der Waals surface area contributed by atoms with E-state index >= 15 is 0 Å². The largest absolute Gasteiger partial charge is 0.487 e. The molecule has 0 spiro atoms. The number of hydrogen-bond acceptors (Lipinski definition) is 2. The molecule has 1 rings (SSSR count). The molecule has 0 saturated heterocycles. The molecule has 16 heavy (non-hydrogen) atoms. The fourth-order valence-electron chi connectivity index (χ4n) is 1.09. The van der Waals surface area contributed by atoms with Crippen LogP contribution in [0.25, 0.3) is 0 Å². The van der Waals surface area contributed by atoms with Gasteiger partial charge in [0, 0.05) is 0 Å². The van der Waals surface area contributed by atoms with Crippen molar-refractivity contribution in [3.05, 3.63) is 35.9 Å². The summed E-state index contributed by atoms with van der Waals surface area (Å²) in [5.74, 6) is 0.256. The molecular formula is C11H12F3NO. The third-order valence-electron chi connectivity index (χ3n) is 1.91. The van der Waals surface area contributed by atoms with Crippen LogP contribution in [0.4, 0.5) is 18.9 Å². The molecular weight excluding hydrogens is 219 g/mol. The Bertz CT molecular complexity index is 385. The first-order valence-electron chi connectivity index (χ1n) is 4.66. The highest BCUT2D eigenvalue weighted by Crippen LogP contribution is 2.33. The molecule has 0 radical (unpaired) electrons. The fourth-order valence-corrected chi connectivity index (χ4v) is 1.09. The lowest BCUT2D eigenvalue weighted by Crippen LogP contribution is -2.06. The van der Waals surface area contributed by atoms with Gasteiger partial charge >= 0.3 is 6.18 Å². The zero-order valence-corrected chi connectivity index (χ0v) is 8.71. The lowest BCUT2D eigenvalue weighted by Gasteiger charge is -2.10. The van der Waals surface area contributed by atoms with E-state index in [1.807, 2.05) is 6.92 Å². The highest BCUT2D eigenvalue weighted by molar-refractivity contribution is 5.54. The average molecular weight is 231 g/mol. The van der Waals surface area contributed by atoms with Gasteiger partial charge in [0.05, 0.1) is 11.3 Å². The van der Waals surface area contributed by atoms with Crippen molar-refractivity contribution < 1.29 is 17.9 Å². The highest BCUT2D eigenvalue weighted by atomic mass is 19.4. The Hall–Kier alpha value is -1.65. The maximum atomic E-state index is 12.3. The van der Waals surface area contributed by atoms with Gasteiger partial charge in [0.15, 0.2) is 0 Å². The van der Waals surface area contributed by atoms with Crippen LogP contribution in [0, 0.1) is 0 Å². The van der Waals surface area contributed by atoms with Crippen LogP contribution in [0.3, 0.4) is 0 Å². The number of ether oxygens (including phenoxy) is 1. The molecule has 1 aromatic rings. The molecule has 0 bridgehead atoms. The van der Waals surface area contributed by atoms with Crippen LogP contribution in [0.5, 0.6) is 5.75 Å². The summed E-state index contributed by atoms with van der Waals surface area (Å²) in [4.78, 5) is 0. The molecule has 0 aliphatic carbocycles. The van der Waals surface area contributed by atoms with Gasteiger partial charge in [0.25, 0.3) is 0 Å².